The average molecular weight is 297 g/mol. The van der Waals surface area contributed by atoms with Crippen molar-refractivity contribution in [2.24, 2.45) is 0 Å². The molecular formula is C12H13BrN2S. The first-order valence-electron chi connectivity index (χ1n) is 4.98. The molecule has 84 valence electrons. The van der Waals surface area contributed by atoms with E-state index in [1.807, 2.05) is 18.2 Å². The number of aryl methyl sites for hydroxylation is 1. The summed E-state index contributed by atoms with van der Waals surface area (Å²) in [4.78, 5) is 1.30. The zero-order chi connectivity index (χ0) is 11.5. The van der Waals surface area contributed by atoms with Gasteiger partial charge in [0.15, 0.2) is 0 Å². The minimum Gasteiger partial charge on any atom is -0.399 e. The van der Waals surface area contributed by atoms with Crippen molar-refractivity contribution in [1.82, 2.24) is 0 Å². The second-order valence-electron chi connectivity index (χ2n) is 3.62. The Morgan fingerprint density at radius 3 is 2.81 bits per heavy atom. The van der Waals surface area contributed by atoms with Gasteiger partial charge >= 0.3 is 0 Å². The Bertz CT molecular complexity index is 494. The second kappa shape index (κ2) is 4.89. The molecule has 2 aromatic rings. The van der Waals surface area contributed by atoms with E-state index in [4.69, 9.17) is 5.73 Å². The Hall–Kier alpha value is -1.00. The van der Waals surface area contributed by atoms with Crippen molar-refractivity contribution in [3.63, 3.8) is 0 Å². The number of hydrogen-bond acceptors (Lipinski definition) is 3. The summed E-state index contributed by atoms with van der Waals surface area (Å²) in [5.41, 5.74) is 8.82. The predicted molar refractivity (Wildman–Crippen MR) is 74.9 cm³/mol. The van der Waals surface area contributed by atoms with Crippen LogP contribution >= 0.6 is 27.3 Å². The van der Waals surface area contributed by atoms with E-state index >= 15 is 0 Å². The van der Waals surface area contributed by atoms with Crippen LogP contribution in [0.4, 0.5) is 11.4 Å². The van der Waals surface area contributed by atoms with Gasteiger partial charge in [-0.15, -0.1) is 11.3 Å². The highest BCUT2D eigenvalue weighted by Crippen LogP contribution is 2.25. The molecule has 1 aromatic heterocycles. The molecule has 3 N–H and O–H groups in total. The Balaban J connectivity index is 2.08. The lowest BCUT2D eigenvalue weighted by Crippen LogP contribution is -2.00. The molecule has 2 nitrogen and oxygen atoms in total. The van der Waals surface area contributed by atoms with Gasteiger partial charge in [-0.25, -0.2) is 0 Å². The standard InChI is InChI=1S/C12H13BrN2S/c1-8-6-9(14)2-3-11(8)15-7-12-10(13)4-5-16-12/h2-6,15H,7,14H2,1H3. The number of thiophene rings is 1. The smallest absolute Gasteiger partial charge is 0.0505 e. The number of halogens is 1. The fourth-order valence-electron chi connectivity index (χ4n) is 1.51. The van der Waals surface area contributed by atoms with Gasteiger partial charge < -0.3 is 11.1 Å². The molecule has 0 aliphatic rings. The lowest BCUT2D eigenvalue weighted by molar-refractivity contribution is 1.17. The lowest BCUT2D eigenvalue weighted by atomic mass is 10.2. The molecule has 0 aliphatic heterocycles. The van der Waals surface area contributed by atoms with Crippen molar-refractivity contribution in [3.05, 3.63) is 44.6 Å². The van der Waals surface area contributed by atoms with E-state index in [0.29, 0.717) is 0 Å². The number of benzene rings is 1. The molecule has 0 atom stereocenters. The number of rotatable bonds is 3. The molecule has 0 saturated carbocycles. The van der Waals surface area contributed by atoms with Gasteiger partial charge in [-0.1, -0.05) is 0 Å². The molecule has 16 heavy (non-hydrogen) atoms. The van der Waals surface area contributed by atoms with E-state index in [9.17, 15) is 0 Å². The van der Waals surface area contributed by atoms with Gasteiger partial charge in [-0.2, -0.15) is 0 Å². The number of nitrogens with one attached hydrogen (secondary N) is 1. The highest BCUT2D eigenvalue weighted by atomic mass is 79.9. The third-order valence-electron chi connectivity index (χ3n) is 2.38. The quantitative estimate of drug-likeness (QED) is 0.840. The Morgan fingerprint density at radius 2 is 2.19 bits per heavy atom. The van der Waals surface area contributed by atoms with E-state index in [-0.39, 0.29) is 0 Å². The first-order valence-corrected chi connectivity index (χ1v) is 6.66. The highest BCUT2D eigenvalue weighted by molar-refractivity contribution is 9.10. The summed E-state index contributed by atoms with van der Waals surface area (Å²) in [6, 6.07) is 7.98. The van der Waals surface area contributed by atoms with E-state index < -0.39 is 0 Å². The van der Waals surface area contributed by atoms with Gasteiger partial charge in [0.2, 0.25) is 0 Å². The van der Waals surface area contributed by atoms with Gasteiger partial charge in [-0.3, -0.25) is 0 Å². The van der Waals surface area contributed by atoms with E-state index in [1.165, 1.54) is 10.4 Å². The van der Waals surface area contributed by atoms with E-state index in [2.05, 4.69) is 39.6 Å². The first kappa shape index (κ1) is 11.5. The average Bonchev–Trinajstić information content (AvgIpc) is 2.63. The maximum absolute atomic E-state index is 5.71. The molecule has 1 heterocycles. The zero-order valence-electron chi connectivity index (χ0n) is 8.96. The largest absolute Gasteiger partial charge is 0.399 e. The summed E-state index contributed by atoms with van der Waals surface area (Å²) in [7, 11) is 0. The normalized spacial score (nSPS) is 10.4. The van der Waals surface area contributed by atoms with Crippen molar-refractivity contribution in [2.45, 2.75) is 13.5 Å². The SMILES string of the molecule is Cc1cc(N)ccc1NCc1sccc1Br. The van der Waals surface area contributed by atoms with Crippen LogP contribution in [-0.2, 0) is 6.54 Å². The Labute approximate surface area is 108 Å². The molecule has 4 heteroatoms. The van der Waals surface area contributed by atoms with Crippen LogP contribution in [-0.4, -0.2) is 0 Å². The first-order chi connectivity index (χ1) is 7.66. The summed E-state index contributed by atoms with van der Waals surface area (Å²) >= 11 is 5.26. The van der Waals surface area contributed by atoms with Crippen LogP contribution in [0.25, 0.3) is 0 Å². The van der Waals surface area contributed by atoms with E-state index in [1.54, 1.807) is 11.3 Å². The molecule has 0 unspecified atom stereocenters. The van der Waals surface area contributed by atoms with Crippen molar-refractivity contribution >= 4 is 38.6 Å². The van der Waals surface area contributed by atoms with Gasteiger partial charge in [0.25, 0.3) is 0 Å². The maximum Gasteiger partial charge on any atom is 0.0505 e. The highest BCUT2D eigenvalue weighted by Gasteiger charge is 2.02. The minimum absolute atomic E-state index is 0.806. The molecular weight excluding hydrogens is 284 g/mol. The molecule has 0 amide bonds. The molecule has 1 aromatic carbocycles. The molecule has 0 bridgehead atoms. The third-order valence-corrected chi connectivity index (χ3v) is 4.31. The number of hydrogen-bond donors (Lipinski definition) is 2. The fourth-order valence-corrected chi connectivity index (χ4v) is 2.94. The lowest BCUT2D eigenvalue weighted by Gasteiger charge is -2.09. The topological polar surface area (TPSA) is 38.0 Å². The number of anilines is 2. The summed E-state index contributed by atoms with van der Waals surface area (Å²) in [6.07, 6.45) is 0. The van der Waals surface area contributed by atoms with Crippen LogP contribution < -0.4 is 11.1 Å². The number of nitrogen functional groups attached to an aromatic ring is 1. The zero-order valence-corrected chi connectivity index (χ0v) is 11.4. The minimum atomic E-state index is 0.806. The van der Waals surface area contributed by atoms with Gasteiger partial charge in [0.05, 0.1) is 6.54 Å². The summed E-state index contributed by atoms with van der Waals surface area (Å²) < 4.78 is 1.16. The molecule has 0 aliphatic carbocycles. The second-order valence-corrected chi connectivity index (χ2v) is 5.47. The van der Waals surface area contributed by atoms with Crippen LogP contribution in [0.5, 0.6) is 0 Å². The predicted octanol–water partition coefficient (Wildman–Crippen LogP) is 4.01. The summed E-state index contributed by atoms with van der Waals surface area (Å²) in [5, 5.41) is 5.49. The molecule has 0 radical (unpaired) electrons. The van der Waals surface area contributed by atoms with Crippen molar-refractivity contribution < 1.29 is 0 Å². The molecule has 2 rings (SSSR count). The van der Waals surface area contributed by atoms with E-state index in [0.717, 1.165) is 22.4 Å². The molecule has 0 saturated heterocycles. The van der Waals surface area contributed by atoms with Gasteiger partial charge in [0, 0.05) is 20.7 Å². The maximum atomic E-state index is 5.71. The summed E-state index contributed by atoms with van der Waals surface area (Å²) in [6.45, 7) is 2.89. The Morgan fingerprint density at radius 1 is 1.38 bits per heavy atom. The molecule has 0 fully saturated rings. The van der Waals surface area contributed by atoms with Crippen LogP contribution in [0.2, 0.25) is 0 Å². The van der Waals surface area contributed by atoms with Crippen LogP contribution in [0.1, 0.15) is 10.4 Å². The van der Waals surface area contributed by atoms with Crippen LogP contribution in [0, 0.1) is 6.92 Å². The third kappa shape index (κ3) is 2.57. The van der Waals surface area contributed by atoms with Gasteiger partial charge in [0.1, 0.15) is 0 Å². The van der Waals surface area contributed by atoms with Gasteiger partial charge in [-0.05, 0) is 58.1 Å². The number of nitrogens with two attached hydrogens (primary N) is 1. The Kier molecular flexibility index (Phi) is 3.51. The van der Waals surface area contributed by atoms with Crippen molar-refractivity contribution in [1.29, 1.82) is 0 Å². The van der Waals surface area contributed by atoms with Crippen LogP contribution in [0.15, 0.2) is 34.1 Å². The fraction of sp³-hybridized carbons (Fsp3) is 0.167. The summed E-state index contributed by atoms with van der Waals surface area (Å²) in [5.74, 6) is 0. The van der Waals surface area contributed by atoms with Crippen LogP contribution in [0.3, 0.4) is 0 Å². The monoisotopic (exact) mass is 296 g/mol. The van der Waals surface area contributed by atoms with Crippen molar-refractivity contribution in [2.75, 3.05) is 11.1 Å². The molecule has 0 spiro atoms. The van der Waals surface area contributed by atoms with Crippen molar-refractivity contribution in [3.8, 4) is 0 Å².